The Morgan fingerprint density at radius 1 is 1.30 bits per heavy atom. The molecule has 0 unspecified atom stereocenters. The van der Waals surface area contributed by atoms with Crippen LogP contribution in [0.3, 0.4) is 0 Å². The molecule has 0 saturated heterocycles. The van der Waals surface area contributed by atoms with E-state index in [1.807, 2.05) is 0 Å². The van der Waals surface area contributed by atoms with Crippen LogP contribution in [-0.2, 0) is 6.18 Å². The van der Waals surface area contributed by atoms with E-state index in [0.717, 1.165) is 0 Å². The van der Waals surface area contributed by atoms with E-state index in [2.05, 4.69) is 9.97 Å². The molecular weight excluding hydrogens is 275 g/mol. The summed E-state index contributed by atoms with van der Waals surface area (Å²) >= 11 is 0. The zero-order valence-corrected chi connectivity index (χ0v) is 9.89. The maximum absolute atomic E-state index is 12.6. The van der Waals surface area contributed by atoms with Crippen molar-refractivity contribution in [1.29, 1.82) is 0 Å². The average molecular weight is 283 g/mol. The van der Waals surface area contributed by atoms with Gasteiger partial charge >= 0.3 is 6.18 Å². The fourth-order valence-electron chi connectivity index (χ4n) is 1.40. The molecule has 2 heterocycles. The van der Waals surface area contributed by atoms with Gasteiger partial charge < -0.3 is 10.5 Å². The fourth-order valence-corrected chi connectivity index (χ4v) is 1.40. The van der Waals surface area contributed by atoms with E-state index < -0.39 is 17.6 Å². The number of nitrogens with zero attached hydrogens (tertiary/aromatic N) is 2. The van der Waals surface area contributed by atoms with Gasteiger partial charge in [0.15, 0.2) is 11.4 Å². The van der Waals surface area contributed by atoms with Crippen molar-refractivity contribution in [2.75, 3.05) is 0 Å². The summed E-state index contributed by atoms with van der Waals surface area (Å²) in [5.41, 5.74) is 3.62. The first kappa shape index (κ1) is 13.8. The normalized spacial score (nSPS) is 11.2. The summed E-state index contributed by atoms with van der Waals surface area (Å²) in [6.45, 7) is 0. The van der Waals surface area contributed by atoms with Crippen LogP contribution in [0.25, 0.3) is 0 Å². The van der Waals surface area contributed by atoms with Gasteiger partial charge in [0.05, 0.1) is 11.8 Å². The smallest absolute Gasteiger partial charge is 0.418 e. The molecule has 0 bridgehead atoms. The second-order valence-corrected chi connectivity index (χ2v) is 3.72. The van der Waals surface area contributed by atoms with Crippen LogP contribution in [0.5, 0.6) is 11.5 Å². The molecule has 0 aliphatic carbocycles. The van der Waals surface area contributed by atoms with Crippen LogP contribution in [0.15, 0.2) is 36.8 Å². The molecule has 2 N–H and O–H groups in total. The Morgan fingerprint density at radius 2 is 2.05 bits per heavy atom. The number of halogens is 3. The van der Waals surface area contributed by atoms with E-state index in [4.69, 9.17) is 10.5 Å². The number of ether oxygens (including phenoxy) is 1. The number of carbonyl (C=O) groups is 1. The van der Waals surface area contributed by atoms with Gasteiger partial charge in [-0.1, -0.05) is 0 Å². The largest absolute Gasteiger partial charge is 0.453 e. The summed E-state index contributed by atoms with van der Waals surface area (Å²) in [6.07, 6.45) is -1.33. The molecule has 0 atom stereocenters. The Balaban J connectivity index is 2.45. The van der Waals surface area contributed by atoms with Crippen LogP contribution in [0, 0.1) is 0 Å². The molecule has 5 nitrogen and oxygen atoms in total. The minimum Gasteiger partial charge on any atom is -0.453 e. The summed E-state index contributed by atoms with van der Waals surface area (Å²) in [6, 6.07) is 3.67. The van der Waals surface area contributed by atoms with Gasteiger partial charge in [0.1, 0.15) is 5.75 Å². The van der Waals surface area contributed by atoms with Crippen LogP contribution >= 0.6 is 0 Å². The average Bonchev–Trinajstić information content (AvgIpc) is 2.38. The Hall–Kier alpha value is -2.64. The highest BCUT2D eigenvalue weighted by atomic mass is 19.4. The van der Waals surface area contributed by atoms with Crippen molar-refractivity contribution >= 4 is 5.91 Å². The van der Waals surface area contributed by atoms with Crippen LogP contribution in [0.2, 0.25) is 0 Å². The Kier molecular flexibility index (Phi) is 3.55. The van der Waals surface area contributed by atoms with Crippen LogP contribution < -0.4 is 10.5 Å². The van der Waals surface area contributed by atoms with Gasteiger partial charge in [-0.2, -0.15) is 13.2 Å². The van der Waals surface area contributed by atoms with Gasteiger partial charge in [0.25, 0.3) is 5.91 Å². The summed E-state index contributed by atoms with van der Waals surface area (Å²) in [5.74, 6) is -1.20. The van der Waals surface area contributed by atoms with Crippen LogP contribution in [0.1, 0.15) is 16.1 Å². The molecular formula is C12H8F3N3O2. The van der Waals surface area contributed by atoms with Crippen molar-refractivity contribution in [3.63, 3.8) is 0 Å². The van der Waals surface area contributed by atoms with Gasteiger partial charge in [-0.05, 0) is 18.2 Å². The molecule has 0 aromatic carbocycles. The molecule has 0 fully saturated rings. The Bertz CT molecular complexity index is 630. The van der Waals surface area contributed by atoms with E-state index in [1.165, 1.54) is 24.5 Å². The minimum absolute atomic E-state index is 0.163. The number of aromatic nitrogens is 2. The minimum atomic E-state index is -4.60. The molecule has 8 heteroatoms. The molecule has 1 amide bonds. The molecule has 20 heavy (non-hydrogen) atoms. The summed E-state index contributed by atoms with van der Waals surface area (Å²) in [5, 5.41) is 0. The summed E-state index contributed by atoms with van der Waals surface area (Å²) in [7, 11) is 0. The number of primary amides is 1. The molecule has 0 saturated carbocycles. The van der Waals surface area contributed by atoms with E-state index in [1.54, 1.807) is 0 Å². The number of rotatable bonds is 3. The molecule has 104 valence electrons. The SMILES string of the molecule is NC(=O)c1ncc(C(F)(F)F)cc1Oc1cccnc1. The fraction of sp³-hybridized carbons (Fsp3) is 0.0833. The zero-order chi connectivity index (χ0) is 14.8. The van der Waals surface area contributed by atoms with E-state index in [-0.39, 0.29) is 17.2 Å². The van der Waals surface area contributed by atoms with Crippen molar-refractivity contribution in [1.82, 2.24) is 9.97 Å². The third-order valence-electron chi connectivity index (χ3n) is 2.28. The van der Waals surface area contributed by atoms with E-state index in [0.29, 0.717) is 12.3 Å². The number of alkyl halides is 3. The molecule has 2 aromatic rings. The van der Waals surface area contributed by atoms with Gasteiger partial charge in [-0.25, -0.2) is 4.98 Å². The summed E-state index contributed by atoms with van der Waals surface area (Å²) < 4.78 is 43.0. The van der Waals surface area contributed by atoms with Crippen LogP contribution in [-0.4, -0.2) is 15.9 Å². The van der Waals surface area contributed by atoms with Crippen molar-refractivity contribution in [3.05, 3.63) is 48.0 Å². The van der Waals surface area contributed by atoms with Crippen molar-refractivity contribution in [2.24, 2.45) is 5.73 Å². The van der Waals surface area contributed by atoms with Crippen molar-refractivity contribution < 1.29 is 22.7 Å². The number of amides is 1. The highest BCUT2D eigenvalue weighted by molar-refractivity contribution is 5.93. The number of nitrogens with two attached hydrogens (primary N) is 1. The first-order chi connectivity index (χ1) is 9.38. The number of hydrogen-bond acceptors (Lipinski definition) is 4. The molecule has 0 aliphatic heterocycles. The number of hydrogen-bond donors (Lipinski definition) is 1. The molecule has 0 spiro atoms. The lowest BCUT2D eigenvalue weighted by atomic mass is 10.2. The third-order valence-corrected chi connectivity index (χ3v) is 2.28. The lowest BCUT2D eigenvalue weighted by molar-refractivity contribution is -0.137. The van der Waals surface area contributed by atoms with Crippen molar-refractivity contribution in [3.8, 4) is 11.5 Å². The molecule has 0 aliphatic rings. The second-order valence-electron chi connectivity index (χ2n) is 3.72. The van der Waals surface area contributed by atoms with E-state index in [9.17, 15) is 18.0 Å². The first-order valence-corrected chi connectivity index (χ1v) is 5.33. The van der Waals surface area contributed by atoms with E-state index >= 15 is 0 Å². The standard InChI is InChI=1S/C12H8F3N3O2/c13-12(14,15)7-4-9(10(11(16)19)18-5-7)20-8-2-1-3-17-6-8/h1-6H,(H2,16,19). The first-order valence-electron chi connectivity index (χ1n) is 5.33. The maximum Gasteiger partial charge on any atom is 0.418 e. The molecule has 2 rings (SSSR count). The van der Waals surface area contributed by atoms with Gasteiger partial charge in [0.2, 0.25) is 0 Å². The van der Waals surface area contributed by atoms with Gasteiger partial charge in [-0.15, -0.1) is 0 Å². The number of pyridine rings is 2. The predicted molar refractivity (Wildman–Crippen MR) is 62.1 cm³/mol. The van der Waals surface area contributed by atoms with Crippen LogP contribution in [0.4, 0.5) is 13.2 Å². The summed E-state index contributed by atoms with van der Waals surface area (Å²) in [4.78, 5) is 18.3. The Labute approximate surface area is 111 Å². The topological polar surface area (TPSA) is 78.1 Å². The van der Waals surface area contributed by atoms with Gasteiger partial charge in [0, 0.05) is 12.4 Å². The Morgan fingerprint density at radius 3 is 2.60 bits per heavy atom. The zero-order valence-electron chi connectivity index (χ0n) is 9.89. The highest BCUT2D eigenvalue weighted by Crippen LogP contribution is 2.33. The molecule has 2 aromatic heterocycles. The lowest BCUT2D eigenvalue weighted by Crippen LogP contribution is -2.16. The third kappa shape index (κ3) is 3.02. The van der Waals surface area contributed by atoms with Crippen molar-refractivity contribution in [2.45, 2.75) is 6.18 Å². The maximum atomic E-state index is 12.6. The highest BCUT2D eigenvalue weighted by Gasteiger charge is 2.32. The number of carbonyl (C=O) groups excluding carboxylic acids is 1. The predicted octanol–water partition coefficient (Wildman–Crippen LogP) is 2.39. The molecule has 0 radical (unpaired) electrons. The second kappa shape index (κ2) is 5.16. The monoisotopic (exact) mass is 283 g/mol. The quantitative estimate of drug-likeness (QED) is 0.938. The lowest BCUT2D eigenvalue weighted by Gasteiger charge is -2.11. The van der Waals surface area contributed by atoms with Gasteiger partial charge in [-0.3, -0.25) is 9.78 Å².